The molecule has 162 valence electrons. The van der Waals surface area contributed by atoms with E-state index in [0.717, 1.165) is 11.1 Å². The number of hydrogen-bond donors (Lipinski definition) is 1. The van der Waals surface area contributed by atoms with Gasteiger partial charge >= 0.3 is 0 Å². The monoisotopic (exact) mass is 556 g/mol. The van der Waals surface area contributed by atoms with Crippen LogP contribution < -0.4 is 10.1 Å². The van der Waals surface area contributed by atoms with Crippen LogP contribution in [-0.4, -0.2) is 5.91 Å². The van der Waals surface area contributed by atoms with Crippen LogP contribution in [0.5, 0.6) is 5.75 Å². The van der Waals surface area contributed by atoms with E-state index in [2.05, 4.69) is 37.2 Å². The van der Waals surface area contributed by atoms with Gasteiger partial charge in [-0.05, 0) is 92.7 Å². The Labute approximate surface area is 203 Å². The normalized spacial score (nSPS) is 11.1. The van der Waals surface area contributed by atoms with Crippen LogP contribution in [0.1, 0.15) is 22.3 Å². The molecule has 7 heteroatoms. The fourth-order valence-electron chi connectivity index (χ4n) is 2.94. The first kappa shape index (κ1) is 23.7. The summed E-state index contributed by atoms with van der Waals surface area (Å²) in [4.78, 5) is 12.7. The number of anilines is 1. The number of carbonyl (C=O) groups excluding carboxylic acids is 1. The van der Waals surface area contributed by atoms with E-state index < -0.39 is 5.91 Å². The number of nitriles is 1. The van der Waals surface area contributed by atoms with Gasteiger partial charge in [0.15, 0.2) is 0 Å². The summed E-state index contributed by atoms with van der Waals surface area (Å²) in [5, 5.41) is 12.3. The molecule has 0 fully saturated rings. The van der Waals surface area contributed by atoms with Crippen LogP contribution in [0, 0.1) is 31.0 Å². The van der Waals surface area contributed by atoms with Crippen LogP contribution in [0.25, 0.3) is 6.08 Å². The van der Waals surface area contributed by atoms with Gasteiger partial charge in [-0.25, -0.2) is 4.39 Å². The van der Waals surface area contributed by atoms with Gasteiger partial charge in [-0.2, -0.15) is 5.26 Å². The Balaban J connectivity index is 1.80. The summed E-state index contributed by atoms with van der Waals surface area (Å²) in [5.74, 6) is -0.343. The summed E-state index contributed by atoms with van der Waals surface area (Å²) < 4.78 is 20.8. The number of nitrogens with zero attached hydrogens (tertiary/aromatic N) is 1. The highest BCUT2D eigenvalue weighted by Gasteiger charge is 2.14. The van der Waals surface area contributed by atoms with Crippen molar-refractivity contribution >= 4 is 49.5 Å². The van der Waals surface area contributed by atoms with Crippen molar-refractivity contribution in [1.29, 1.82) is 5.26 Å². The zero-order chi connectivity index (χ0) is 23.3. The second-order valence-electron chi connectivity index (χ2n) is 7.14. The first-order valence-corrected chi connectivity index (χ1v) is 11.2. The second-order valence-corrected chi connectivity index (χ2v) is 8.84. The molecule has 0 aromatic heterocycles. The SMILES string of the molecule is Cc1ccc(C)c(NC(=O)/C(C#N)=C/c2cc(Br)c(OCc3ccccc3F)c(Br)c2)c1. The molecule has 3 aromatic carbocycles. The van der Waals surface area contributed by atoms with Gasteiger partial charge in [-0.3, -0.25) is 4.79 Å². The predicted octanol–water partition coefficient (Wildman–Crippen LogP) is 7.09. The molecule has 0 heterocycles. The maximum Gasteiger partial charge on any atom is 0.266 e. The van der Waals surface area contributed by atoms with Gasteiger partial charge in [0.25, 0.3) is 5.91 Å². The van der Waals surface area contributed by atoms with Crippen molar-refractivity contribution in [3.8, 4) is 11.8 Å². The Bertz CT molecular complexity index is 1230. The summed E-state index contributed by atoms with van der Waals surface area (Å²) in [5.41, 5.74) is 3.59. The molecular weight excluding hydrogens is 539 g/mol. The van der Waals surface area contributed by atoms with Crippen molar-refractivity contribution in [1.82, 2.24) is 0 Å². The van der Waals surface area contributed by atoms with Crippen LogP contribution in [0.4, 0.5) is 10.1 Å². The van der Waals surface area contributed by atoms with E-state index >= 15 is 0 Å². The van der Waals surface area contributed by atoms with Gasteiger partial charge in [-0.1, -0.05) is 30.3 Å². The summed E-state index contributed by atoms with van der Waals surface area (Å²) in [6.07, 6.45) is 1.50. The Morgan fingerprint density at radius 3 is 2.47 bits per heavy atom. The maximum atomic E-state index is 13.8. The van der Waals surface area contributed by atoms with E-state index in [1.807, 2.05) is 38.1 Å². The third kappa shape index (κ3) is 5.84. The Morgan fingerprint density at radius 1 is 1.12 bits per heavy atom. The topological polar surface area (TPSA) is 62.1 Å². The molecule has 0 atom stereocenters. The summed E-state index contributed by atoms with van der Waals surface area (Å²) in [7, 11) is 0. The lowest BCUT2D eigenvalue weighted by Gasteiger charge is -2.12. The van der Waals surface area contributed by atoms with Crippen molar-refractivity contribution in [3.05, 3.63) is 97.2 Å². The molecule has 0 unspecified atom stereocenters. The zero-order valence-electron chi connectivity index (χ0n) is 17.4. The van der Waals surface area contributed by atoms with Crippen molar-refractivity contribution in [3.63, 3.8) is 0 Å². The van der Waals surface area contributed by atoms with Crippen molar-refractivity contribution in [2.75, 3.05) is 5.32 Å². The minimum Gasteiger partial charge on any atom is -0.486 e. The minimum absolute atomic E-state index is 0.0373. The van der Waals surface area contributed by atoms with Crippen LogP contribution in [0.2, 0.25) is 0 Å². The number of hydrogen-bond acceptors (Lipinski definition) is 3. The molecule has 0 saturated carbocycles. The summed E-state index contributed by atoms with van der Waals surface area (Å²) in [6.45, 7) is 3.88. The molecule has 3 aromatic rings. The number of nitrogens with one attached hydrogen (secondary N) is 1. The molecule has 32 heavy (non-hydrogen) atoms. The molecule has 1 N–H and O–H groups in total. The van der Waals surface area contributed by atoms with E-state index in [1.54, 1.807) is 30.3 Å². The largest absolute Gasteiger partial charge is 0.486 e. The van der Waals surface area contributed by atoms with Gasteiger partial charge in [0.2, 0.25) is 0 Å². The molecule has 0 aliphatic heterocycles. The van der Waals surface area contributed by atoms with Crippen molar-refractivity contribution < 1.29 is 13.9 Å². The number of benzene rings is 3. The lowest BCUT2D eigenvalue weighted by molar-refractivity contribution is -0.112. The number of carbonyl (C=O) groups is 1. The van der Waals surface area contributed by atoms with E-state index in [9.17, 15) is 14.4 Å². The highest BCUT2D eigenvalue weighted by Crippen LogP contribution is 2.36. The summed E-state index contributed by atoms with van der Waals surface area (Å²) in [6, 6.07) is 17.5. The van der Waals surface area contributed by atoms with E-state index in [-0.39, 0.29) is 18.0 Å². The number of ether oxygens (including phenoxy) is 1. The third-order valence-corrected chi connectivity index (χ3v) is 5.85. The maximum absolute atomic E-state index is 13.8. The lowest BCUT2D eigenvalue weighted by Crippen LogP contribution is -2.14. The first-order chi connectivity index (χ1) is 15.3. The molecular formula is C25H19Br2FN2O2. The Morgan fingerprint density at radius 2 is 1.81 bits per heavy atom. The number of aryl methyl sites for hydroxylation is 2. The third-order valence-electron chi connectivity index (χ3n) is 4.67. The molecule has 1 amide bonds. The molecule has 0 bridgehead atoms. The van der Waals surface area contributed by atoms with Gasteiger partial charge < -0.3 is 10.1 Å². The molecule has 3 rings (SSSR count). The number of rotatable bonds is 6. The number of halogens is 3. The highest BCUT2D eigenvalue weighted by molar-refractivity contribution is 9.11. The Kier molecular flexibility index (Phi) is 7.84. The molecule has 0 aliphatic carbocycles. The molecule has 4 nitrogen and oxygen atoms in total. The van der Waals surface area contributed by atoms with Gasteiger partial charge in [0.05, 0.1) is 8.95 Å². The Hall–Kier alpha value is -2.95. The van der Waals surface area contributed by atoms with Crippen LogP contribution >= 0.6 is 31.9 Å². The smallest absolute Gasteiger partial charge is 0.266 e. The fourth-order valence-corrected chi connectivity index (χ4v) is 4.39. The molecule has 0 saturated heterocycles. The van der Waals surface area contributed by atoms with Gasteiger partial charge in [-0.15, -0.1) is 0 Å². The second kappa shape index (κ2) is 10.6. The number of amides is 1. The van der Waals surface area contributed by atoms with Crippen LogP contribution in [0.3, 0.4) is 0 Å². The van der Waals surface area contributed by atoms with Crippen LogP contribution in [0.15, 0.2) is 69.1 Å². The minimum atomic E-state index is -0.492. The van der Waals surface area contributed by atoms with Crippen molar-refractivity contribution in [2.24, 2.45) is 0 Å². The van der Waals surface area contributed by atoms with Gasteiger partial charge in [0.1, 0.15) is 29.8 Å². The van der Waals surface area contributed by atoms with E-state index in [4.69, 9.17) is 4.74 Å². The fraction of sp³-hybridized carbons (Fsp3) is 0.120. The quantitative estimate of drug-likeness (QED) is 0.260. The summed E-state index contributed by atoms with van der Waals surface area (Å²) >= 11 is 6.90. The molecule has 0 radical (unpaired) electrons. The zero-order valence-corrected chi connectivity index (χ0v) is 20.6. The van der Waals surface area contributed by atoms with Crippen molar-refractivity contribution in [2.45, 2.75) is 20.5 Å². The molecule has 0 spiro atoms. The van der Waals surface area contributed by atoms with E-state index in [1.165, 1.54) is 12.1 Å². The van der Waals surface area contributed by atoms with Gasteiger partial charge in [0, 0.05) is 11.3 Å². The lowest BCUT2D eigenvalue weighted by atomic mass is 10.1. The first-order valence-electron chi connectivity index (χ1n) is 9.64. The van der Waals surface area contributed by atoms with Crippen LogP contribution in [-0.2, 0) is 11.4 Å². The average Bonchev–Trinajstić information content (AvgIpc) is 2.75. The standard InChI is InChI=1S/C25H19Br2FN2O2/c1-15-7-8-16(2)23(9-15)30-25(31)19(13-29)10-17-11-20(26)24(21(27)12-17)32-14-18-5-3-4-6-22(18)28/h3-12H,14H2,1-2H3,(H,30,31)/b19-10+. The highest BCUT2D eigenvalue weighted by atomic mass is 79.9. The molecule has 0 aliphatic rings. The average molecular weight is 558 g/mol. The predicted molar refractivity (Wildman–Crippen MR) is 131 cm³/mol. The van der Waals surface area contributed by atoms with E-state index in [0.29, 0.717) is 31.5 Å².